The number of fused-ring (bicyclic) bond motifs is 1. The van der Waals surface area contributed by atoms with Gasteiger partial charge >= 0.3 is 5.97 Å². The number of hydrogen-bond donors (Lipinski definition) is 0. The lowest BCUT2D eigenvalue weighted by atomic mass is 10.1. The van der Waals surface area contributed by atoms with Crippen molar-refractivity contribution in [3.8, 4) is 17.0 Å². The number of methoxy groups -OCH3 is 1. The van der Waals surface area contributed by atoms with Crippen molar-refractivity contribution in [3.63, 3.8) is 0 Å². The number of nitrogens with zero attached hydrogens (tertiary/aromatic N) is 2. The minimum absolute atomic E-state index is 0.152. The van der Waals surface area contributed by atoms with Crippen LogP contribution in [0.2, 0.25) is 5.02 Å². The van der Waals surface area contributed by atoms with Gasteiger partial charge in [0.2, 0.25) is 0 Å². The van der Waals surface area contributed by atoms with E-state index >= 15 is 0 Å². The highest BCUT2D eigenvalue weighted by Gasteiger charge is 2.19. The number of thiazole rings is 1. The molecule has 8 heteroatoms. The van der Waals surface area contributed by atoms with Crippen molar-refractivity contribution < 1.29 is 19.1 Å². The summed E-state index contributed by atoms with van der Waals surface area (Å²) in [5.41, 5.74) is 1.53. The van der Waals surface area contributed by atoms with Crippen molar-refractivity contribution >= 4 is 40.2 Å². The number of benzene rings is 1. The molecule has 2 aromatic heterocycles. The van der Waals surface area contributed by atoms with Crippen LogP contribution in [0.25, 0.3) is 16.2 Å². The van der Waals surface area contributed by atoms with Crippen molar-refractivity contribution in [1.82, 2.24) is 9.38 Å². The normalized spacial score (nSPS) is 10.8. The maximum atomic E-state index is 11.6. The fourth-order valence-electron chi connectivity index (χ4n) is 2.47. The van der Waals surface area contributed by atoms with E-state index in [-0.39, 0.29) is 12.4 Å². The summed E-state index contributed by atoms with van der Waals surface area (Å²) in [6.07, 6.45) is 2.62. The Morgan fingerprint density at radius 1 is 1.44 bits per heavy atom. The highest BCUT2D eigenvalue weighted by molar-refractivity contribution is 7.17. The van der Waals surface area contributed by atoms with Crippen LogP contribution in [-0.2, 0) is 16.0 Å². The third kappa shape index (κ3) is 3.38. The number of aldehydes is 1. The van der Waals surface area contributed by atoms with Crippen LogP contribution < -0.4 is 4.74 Å². The fraction of sp³-hybridized carbons (Fsp3) is 0.235. The second-order valence-electron chi connectivity index (χ2n) is 5.14. The van der Waals surface area contributed by atoms with E-state index in [4.69, 9.17) is 21.1 Å². The first-order valence-corrected chi connectivity index (χ1v) is 8.72. The van der Waals surface area contributed by atoms with Crippen LogP contribution in [0.15, 0.2) is 24.4 Å². The van der Waals surface area contributed by atoms with Gasteiger partial charge in [0.25, 0.3) is 0 Å². The van der Waals surface area contributed by atoms with E-state index in [9.17, 15) is 9.59 Å². The van der Waals surface area contributed by atoms with Gasteiger partial charge in [-0.25, -0.2) is 4.98 Å². The number of carbonyl (C=O) groups excluding carboxylic acids is 2. The second-order valence-corrected chi connectivity index (χ2v) is 6.64. The van der Waals surface area contributed by atoms with Gasteiger partial charge in [-0.2, -0.15) is 0 Å². The van der Waals surface area contributed by atoms with Crippen molar-refractivity contribution in [2.45, 2.75) is 13.3 Å². The van der Waals surface area contributed by atoms with Gasteiger partial charge in [0.05, 0.1) is 25.2 Å². The minimum atomic E-state index is -0.307. The number of rotatable bonds is 6. The third-order valence-electron chi connectivity index (χ3n) is 3.58. The SMILES string of the molecule is CCOC(=O)Cc1cn2c(C=O)c(-c3ccc(OC)cc3Cl)nc2s1. The predicted octanol–water partition coefficient (Wildman–Crippen LogP) is 3.64. The molecular formula is C17H15ClN2O4S. The molecule has 0 aliphatic carbocycles. The van der Waals surface area contributed by atoms with Gasteiger partial charge in [-0.15, -0.1) is 11.3 Å². The summed E-state index contributed by atoms with van der Waals surface area (Å²) in [6.45, 7) is 2.09. The maximum absolute atomic E-state index is 11.6. The summed E-state index contributed by atoms with van der Waals surface area (Å²) in [5, 5.41) is 0.444. The maximum Gasteiger partial charge on any atom is 0.311 e. The molecule has 1 aromatic carbocycles. The van der Waals surface area contributed by atoms with Crippen molar-refractivity contribution in [1.29, 1.82) is 0 Å². The van der Waals surface area contributed by atoms with Gasteiger partial charge in [0.15, 0.2) is 11.2 Å². The van der Waals surface area contributed by atoms with Crippen LogP contribution in [0, 0.1) is 0 Å². The Balaban J connectivity index is 2.02. The molecule has 0 N–H and O–H groups in total. The second kappa shape index (κ2) is 7.25. The summed E-state index contributed by atoms with van der Waals surface area (Å²) in [4.78, 5) is 29.1. The molecule has 130 valence electrons. The van der Waals surface area contributed by atoms with Crippen LogP contribution in [0.5, 0.6) is 5.75 Å². The zero-order valence-electron chi connectivity index (χ0n) is 13.6. The molecular weight excluding hydrogens is 364 g/mol. The molecule has 0 saturated heterocycles. The molecule has 0 fully saturated rings. The standard InChI is InChI=1S/C17H15ClN2O4S/c1-3-24-15(22)7-11-8-20-14(9-21)16(19-17(20)25-11)12-5-4-10(23-2)6-13(12)18/h4-6,8-9H,3,7H2,1-2H3. The molecule has 2 heterocycles. The van der Waals surface area contributed by atoms with Gasteiger partial charge in [-0.1, -0.05) is 11.6 Å². The topological polar surface area (TPSA) is 69.9 Å². The van der Waals surface area contributed by atoms with E-state index in [0.29, 0.717) is 39.3 Å². The molecule has 0 unspecified atom stereocenters. The molecule has 3 aromatic rings. The largest absolute Gasteiger partial charge is 0.497 e. The molecule has 25 heavy (non-hydrogen) atoms. The minimum Gasteiger partial charge on any atom is -0.497 e. The first-order valence-electron chi connectivity index (χ1n) is 7.52. The summed E-state index contributed by atoms with van der Waals surface area (Å²) < 4.78 is 11.8. The van der Waals surface area contributed by atoms with E-state index in [0.717, 1.165) is 11.2 Å². The highest BCUT2D eigenvalue weighted by Crippen LogP contribution is 2.34. The number of hydrogen-bond acceptors (Lipinski definition) is 6. The Bertz CT molecular complexity index is 948. The smallest absolute Gasteiger partial charge is 0.311 e. The quantitative estimate of drug-likeness (QED) is 0.483. The number of carbonyl (C=O) groups is 2. The average Bonchev–Trinajstić information content (AvgIpc) is 3.11. The van der Waals surface area contributed by atoms with E-state index in [1.165, 1.54) is 11.3 Å². The summed E-state index contributed by atoms with van der Waals surface area (Å²) in [6, 6.07) is 5.20. The first kappa shape index (κ1) is 17.4. The first-order chi connectivity index (χ1) is 12.1. The number of esters is 1. The average molecular weight is 379 g/mol. The number of halogens is 1. The van der Waals surface area contributed by atoms with Gasteiger partial charge in [-0.3, -0.25) is 14.0 Å². The molecule has 0 aliphatic heterocycles. The van der Waals surface area contributed by atoms with Crippen LogP contribution in [-0.4, -0.2) is 35.4 Å². The third-order valence-corrected chi connectivity index (χ3v) is 4.87. The Morgan fingerprint density at radius 3 is 2.88 bits per heavy atom. The van der Waals surface area contributed by atoms with E-state index < -0.39 is 0 Å². The fourth-order valence-corrected chi connectivity index (χ4v) is 3.70. The van der Waals surface area contributed by atoms with Crippen LogP contribution in [0.1, 0.15) is 22.3 Å². The van der Waals surface area contributed by atoms with Crippen LogP contribution in [0.4, 0.5) is 0 Å². The molecule has 6 nitrogen and oxygen atoms in total. The Labute approximate surface area is 153 Å². The van der Waals surface area contributed by atoms with Gasteiger partial charge in [0, 0.05) is 16.6 Å². The number of imidazole rings is 1. The number of aromatic nitrogens is 2. The van der Waals surface area contributed by atoms with Crippen molar-refractivity contribution in [2.75, 3.05) is 13.7 Å². The van der Waals surface area contributed by atoms with Crippen LogP contribution in [0.3, 0.4) is 0 Å². The number of ether oxygens (including phenoxy) is 2. The van der Waals surface area contributed by atoms with Gasteiger partial charge in [-0.05, 0) is 25.1 Å². The summed E-state index contributed by atoms with van der Waals surface area (Å²) in [5.74, 6) is 0.317. The van der Waals surface area contributed by atoms with Gasteiger partial charge < -0.3 is 9.47 Å². The highest BCUT2D eigenvalue weighted by atomic mass is 35.5. The molecule has 0 bridgehead atoms. The lowest BCUT2D eigenvalue weighted by molar-refractivity contribution is -0.142. The zero-order chi connectivity index (χ0) is 18.0. The molecule has 3 rings (SSSR count). The molecule has 0 atom stereocenters. The molecule has 0 spiro atoms. The van der Waals surface area contributed by atoms with Gasteiger partial charge in [0.1, 0.15) is 17.1 Å². The van der Waals surface area contributed by atoms with E-state index in [2.05, 4.69) is 4.98 Å². The molecule has 0 saturated carbocycles. The monoisotopic (exact) mass is 378 g/mol. The lowest BCUT2D eigenvalue weighted by Gasteiger charge is -2.05. The van der Waals surface area contributed by atoms with E-state index in [1.807, 2.05) is 0 Å². The lowest BCUT2D eigenvalue weighted by Crippen LogP contribution is -2.06. The summed E-state index contributed by atoms with van der Waals surface area (Å²) >= 11 is 7.63. The van der Waals surface area contributed by atoms with Crippen LogP contribution >= 0.6 is 22.9 Å². The summed E-state index contributed by atoms with van der Waals surface area (Å²) in [7, 11) is 1.56. The van der Waals surface area contributed by atoms with E-state index in [1.54, 1.807) is 42.8 Å². The molecule has 0 amide bonds. The van der Waals surface area contributed by atoms with Crippen molar-refractivity contribution in [3.05, 3.63) is 40.0 Å². The molecule has 0 aliphatic rings. The Morgan fingerprint density at radius 2 is 2.24 bits per heavy atom. The Kier molecular flexibility index (Phi) is 5.06. The predicted molar refractivity (Wildman–Crippen MR) is 95.8 cm³/mol. The zero-order valence-corrected chi connectivity index (χ0v) is 15.2. The Hall–Kier alpha value is -2.38. The van der Waals surface area contributed by atoms with Crippen molar-refractivity contribution in [2.24, 2.45) is 0 Å². The molecule has 0 radical (unpaired) electrons.